The monoisotopic (exact) mass is 226 g/mol. The molecule has 1 amide bonds. The predicted molar refractivity (Wildman–Crippen MR) is 59.2 cm³/mol. The van der Waals surface area contributed by atoms with Gasteiger partial charge >= 0.3 is 0 Å². The number of aliphatic hydroxyl groups excluding tert-OH is 1. The third-order valence-corrected chi connectivity index (χ3v) is 2.32. The van der Waals surface area contributed by atoms with Crippen molar-refractivity contribution in [1.29, 1.82) is 0 Å². The van der Waals surface area contributed by atoms with Crippen molar-refractivity contribution >= 4 is 5.91 Å². The van der Waals surface area contributed by atoms with Crippen LogP contribution in [0.15, 0.2) is 4.42 Å². The molecule has 0 radical (unpaired) electrons. The van der Waals surface area contributed by atoms with Gasteiger partial charge in [-0.25, -0.2) is 4.98 Å². The molecule has 1 aromatic rings. The van der Waals surface area contributed by atoms with Crippen LogP contribution in [0.1, 0.15) is 36.0 Å². The highest BCUT2D eigenvalue weighted by atomic mass is 16.4. The summed E-state index contributed by atoms with van der Waals surface area (Å²) < 4.78 is 5.27. The van der Waals surface area contributed by atoms with E-state index in [2.05, 4.69) is 4.98 Å². The maximum Gasteiger partial charge on any atom is 0.291 e. The molecule has 0 aliphatic heterocycles. The smallest absolute Gasteiger partial charge is 0.291 e. The van der Waals surface area contributed by atoms with Crippen LogP contribution < -0.4 is 0 Å². The zero-order chi connectivity index (χ0) is 12.3. The SMILES string of the molecule is Cc1nc(C)c(C(=O)N(CCO)C(C)C)o1. The molecule has 5 nitrogen and oxygen atoms in total. The van der Waals surface area contributed by atoms with Gasteiger partial charge < -0.3 is 14.4 Å². The van der Waals surface area contributed by atoms with Gasteiger partial charge in [0.2, 0.25) is 5.76 Å². The topological polar surface area (TPSA) is 66.6 Å². The summed E-state index contributed by atoms with van der Waals surface area (Å²) in [6.45, 7) is 7.47. The normalized spacial score (nSPS) is 10.9. The summed E-state index contributed by atoms with van der Waals surface area (Å²) in [6, 6.07) is 0.0180. The molecular formula is C11H18N2O3. The first kappa shape index (κ1) is 12.7. The fourth-order valence-corrected chi connectivity index (χ4v) is 1.56. The molecule has 0 aliphatic rings. The minimum atomic E-state index is -0.220. The molecule has 1 rings (SSSR count). The molecule has 0 saturated carbocycles. The lowest BCUT2D eigenvalue weighted by molar-refractivity contribution is 0.0631. The predicted octanol–water partition coefficient (Wildman–Crippen LogP) is 1.13. The molecule has 90 valence electrons. The number of aryl methyl sites for hydroxylation is 2. The van der Waals surface area contributed by atoms with E-state index in [1.807, 2.05) is 13.8 Å². The molecule has 0 bridgehead atoms. The van der Waals surface area contributed by atoms with Gasteiger partial charge in [0.05, 0.1) is 12.3 Å². The quantitative estimate of drug-likeness (QED) is 0.835. The van der Waals surface area contributed by atoms with Crippen LogP contribution in [0.4, 0.5) is 0 Å². The van der Waals surface area contributed by atoms with Gasteiger partial charge in [-0.2, -0.15) is 0 Å². The maximum absolute atomic E-state index is 12.1. The fourth-order valence-electron chi connectivity index (χ4n) is 1.56. The first-order valence-electron chi connectivity index (χ1n) is 5.33. The van der Waals surface area contributed by atoms with Crippen LogP contribution >= 0.6 is 0 Å². The number of amides is 1. The van der Waals surface area contributed by atoms with Crippen molar-refractivity contribution in [3.05, 3.63) is 17.3 Å². The van der Waals surface area contributed by atoms with E-state index in [0.717, 1.165) is 0 Å². The number of rotatable bonds is 4. The summed E-state index contributed by atoms with van der Waals surface area (Å²) in [6.07, 6.45) is 0. The fraction of sp³-hybridized carbons (Fsp3) is 0.636. The number of oxazole rings is 1. The molecule has 5 heteroatoms. The van der Waals surface area contributed by atoms with Gasteiger partial charge in [-0.15, -0.1) is 0 Å². The van der Waals surface area contributed by atoms with Crippen LogP contribution in [0.3, 0.4) is 0 Å². The van der Waals surface area contributed by atoms with Crippen molar-refractivity contribution in [2.45, 2.75) is 33.7 Å². The third kappa shape index (κ3) is 2.61. The van der Waals surface area contributed by atoms with Crippen molar-refractivity contribution < 1.29 is 14.3 Å². The molecule has 0 spiro atoms. The Balaban J connectivity index is 2.94. The lowest BCUT2D eigenvalue weighted by atomic mass is 10.2. The van der Waals surface area contributed by atoms with E-state index < -0.39 is 0 Å². The second kappa shape index (κ2) is 5.12. The van der Waals surface area contributed by atoms with E-state index in [4.69, 9.17) is 9.52 Å². The van der Waals surface area contributed by atoms with Gasteiger partial charge in [0.25, 0.3) is 5.91 Å². The molecule has 0 fully saturated rings. The first-order chi connectivity index (χ1) is 7.47. The number of carbonyl (C=O) groups excluding carboxylic acids is 1. The molecule has 0 unspecified atom stereocenters. The van der Waals surface area contributed by atoms with Crippen molar-refractivity contribution in [3.8, 4) is 0 Å². The number of aliphatic hydroxyl groups is 1. The highest BCUT2D eigenvalue weighted by Crippen LogP contribution is 2.14. The average Bonchev–Trinajstić information content (AvgIpc) is 2.53. The molecule has 1 aromatic heterocycles. The Hall–Kier alpha value is -1.36. The van der Waals surface area contributed by atoms with Crippen molar-refractivity contribution in [2.75, 3.05) is 13.2 Å². The maximum atomic E-state index is 12.1. The van der Waals surface area contributed by atoms with Gasteiger partial charge in [0.15, 0.2) is 5.89 Å². The summed E-state index contributed by atoms with van der Waals surface area (Å²) in [7, 11) is 0. The van der Waals surface area contributed by atoms with Gasteiger partial charge in [-0.3, -0.25) is 4.79 Å². The minimum Gasteiger partial charge on any atom is -0.436 e. The third-order valence-electron chi connectivity index (χ3n) is 2.32. The highest BCUT2D eigenvalue weighted by Gasteiger charge is 2.23. The Bertz CT molecular complexity index is 371. The van der Waals surface area contributed by atoms with Gasteiger partial charge in [-0.1, -0.05) is 0 Å². The van der Waals surface area contributed by atoms with Crippen LogP contribution in [-0.4, -0.2) is 40.1 Å². The Morgan fingerprint density at radius 3 is 2.50 bits per heavy atom. The molecule has 16 heavy (non-hydrogen) atoms. The van der Waals surface area contributed by atoms with Gasteiger partial charge in [-0.05, 0) is 20.8 Å². The first-order valence-corrected chi connectivity index (χ1v) is 5.33. The summed E-state index contributed by atoms with van der Waals surface area (Å²) in [4.78, 5) is 17.7. The standard InChI is InChI=1S/C11H18N2O3/c1-7(2)13(5-6-14)11(15)10-8(3)12-9(4)16-10/h7,14H,5-6H2,1-4H3. The molecule has 0 aromatic carbocycles. The van der Waals surface area contributed by atoms with Crippen LogP contribution in [0.25, 0.3) is 0 Å². The summed E-state index contributed by atoms with van der Waals surface area (Å²) in [5, 5.41) is 8.92. The molecule has 0 aliphatic carbocycles. The molecule has 1 heterocycles. The van der Waals surface area contributed by atoms with E-state index in [9.17, 15) is 4.79 Å². The van der Waals surface area contributed by atoms with E-state index in [1.54, 1.807) is 18.7 Å². The molecular weight excluding hydrogens is 208 g/mol. The summed E-state index contributed by atoms with van der Waals surface area (Å²) >= 11 is 0. The summed E-state index contributed by atoms with van der Waals surface area (Å²) in [5.41, 5.74) is 0.589. The van der Waals surface area contributed by atoms with Crippen molar-refractivity contribution in [2.24, 2.45) is 0 Å². The molecule has 1 N–H and O–H groups in total. The van der Waals surface area contributed by atoms with Crippen LogP contribution in [0, 0.1) is 13.8 Å². The zero-order valence-corrected chi connectivity index (χ0v) is 10.1. The Morgan fingerprint density at radius 1 is 1.50 bits per heavy atom. The van der Waals surface area contributed by atoms with E-state index in [-0.39, 0.29) is 24.3 Å². The van der Waals surface area contributed by atoms with Crippen LogP contribution in [0.2, 0.25) is 0 Å². The number of carbonyl (C=O) groups is 1. The summed E-state index contributed by atoms with van der Waals surface area (Å²) in [5.74, 6) is 0.523. The van der Waals surface area contributed by atoms with Gasteiger partial charge in [0, 0.05) is 19.5 Å². The van der Waals surface area contributed by atoms with Crippen LogP contribution in [0.5, 0.6) is 0 Å². The Kier molecular flexibility index (Phi) is 4.06. The molecule has 0 atom stereocenters. The Labute approximate surface area is 95.1 Å². The number of aromatic nitrogens is 1. The van der Waals surface area contributed by atoms with E-state index >= 15 is 0 Å². The van der Waals surface area contributed by atoms with Crippen LogP contribution in [-0.2, 0) is 0 Å². The lowest BCUT2D eigenvalue weighted by Gasteiger charge is -2.24. The number of nitrogens with zero attached hydrogens (tertiary/aromatic N) is 2. The number of hydrogen-bond donors (Lipinski definition) is 1. The Morgan fingerprint density at radius 2 is 2.12 bits per heavy atom. The minimum absolute atomic E-state index is 0.0180. The average molecular weight is 226 g/mol. The lowest BCUT2D eigenvalue weighted by Crippen LogP contribution is -2.39. The highest BCUT2D eigenvalue weighted by molar-refractivity contribution is 5.92. The second-order valence-electron chi connectivity index (χ2n) is 3.96. The van der Waals surface area contributed by atoms with E-state index in [0.29, 0.717) is 18.1 Å². The van der Waals surface area contributed by atoms with Gasteiger partial charge in [0.1, 0.15) is 0 Å². The largest absolute Gasteiger partial charge is 0.436 e. The molecule has 0 saturated heterocycles. The second-order valence-corrected chi connectivity index (χ2v) is 3.96. The van der Waals surface area contributed by atoms with E-state index in [1.165, 1.54) is 0 Å². The number of hydrogen-bond acceptors (Lipinski definition) is 4. The van der Waals surface area contributed by atoms with Crippen molar-refractivity contribution in [1.82, 2.24) is 9.88 Å². The zero-order valence-electron chi connectivity index (χ0n) is 10.1. The van der Waals surface area contributed by atoms with Crippen molar-refractivity contribution in [3.63, 3.8) is 0 Å².